The summed E-state index contributed by atoms with van der Waals surface area (Å²) in [6.45, 7) is 0. The molecular formula is C30H23F4N3O7S. The van der Waals surface area contributed by atoms with Crippen LogP contribution in [-0.2, 0) is 16.3 Å². The van der Waals surface area contributed by atoms with Crippen LogP contribution in [0, 0.1) is 0 Å². The highest BCUT2D eigenvalue weighted by atomic mass is 32.2. The first-order chi connectivity index (χ1) is 21.3. The first-order valence-corrected chi connectivity index (χ1v) is 15.1. The number of hydrogen-bond donors (Lipinski definition) is 1. The molecule has 3 aromatic carbocycles. The van der Waals surface area contributed by atoms with Crippen LogP contribution in [0.4, 0.5) is 23.2 Å². The Morgan fingerprint density at radius 1 is 1.02 bits per heavy atom. The number of carbonyl (C=O) groups is 2. The zero-order chi connectivity index (χ0) is 32.3. The summed E-state index contributed by atoms with van der Waals surface area (Å²) in [6.07, 6.45) is -6.31. The van der Waals surface area contributed by atoms with Gasteiger partial charge in [-0.2, -0.15) is 5.10 Å². The summed E-state index contributed by atoms with van der Waals surface area (Å²) in [4.78, 5) is 25.7. The molecule has 4 aromatic rings. The number of sulfone groups is 1. The van der Waals surface area contributed by atoms with Crippen LogP contribution in [0.15, 0.2) is 71.6 Å². The Morgan fingerprint density at radius 3 is 2.42 bits per heavy atom. The van der Waals surface area contributed by atoms with Gasteiger partial charge in [-0.25, -0.2) is 26.7 Å². The molecule has 0 spiro atoms. The molecule has 1 aromatic heterocycles. The topological polar surface area (TPSA) is 128 Å². The fourth-order valence-corrected chi connectivity index (χ4v) is 7.38. The Morgan fingerprint density at radius 2 is 1.73 bits per heavy atom. The Balaban J connectivity index is 1.38. The second-order valence-corrected chi connectivity index (χ2v) is 12.6. The lowest BCUT2D eigenvalue weighted by Gasteiger charge is -2.25. The summed E-state index contributed by atoms with van der Waals surface area (Å²) < 4.78 is 93.0. The maximum absolute atomic E-state index is 14.2. The average Bonchev–Trinajstić information content (AvgIpc) is 3.56. The van der Waals surface area contributed by atoms with Crippen molar-refractivity contribution in [3.63, 3.8) is 0 Å². The van der Waals surface area contributed by atoms with Gasteiger partial charge in [0.1, 0.15) is 10.9 Å². The van der Waals surface area contributed by atoms with Crippen molar-refractivity contribution in [2.75, 3.05) is 11.9 Å². The fourth-order valence-electron chi connectivity index (χ4n) is 5.52. The van der Waals surface area contributed by atoms with Gasteiger partial charge in [0.05, 0.1) is 21.8 Å². The van der Waals surface area contributed by atoms with Crippen LogP contribution in [0.25, 0.3) is 5.69 Å². The third kappa shape index (κ3) is 5.36. The monoisotopic (exact) mass is 645 g/mol. The van der Waals surface area contributed by atoms with Crippen LogP contribution in [0.2, 0.25) is 0 Å². The van der Waals surface area contributed by atoms with E-state index >= 15 is 0 Å². The zero-order valence-electron chi connectivity index (χ0n) is 23.3. The van der Waals surface area contributed by atoms with Gasteiger partial charge in [-0.1, -0.05) is 6.07 Å². The first kappa shape index (κ1) is 30.1. The smallest absolute Gasteiger partial charge is 0.478 e. The lowest BCUT2D eigenvalue weighted by Crippen LogP contribution is -2.26. The number of aromatic carboxylic acids is 1. The highest BCUT2D eigenvalue weighted by Gasteiger charge is 2.44. The van der Waals surface area contributed by atoms with Crippen LogP contribution in [0.1, 0.15) is 62.2 Å². The van der Waals surface area contributed by atoms with Gasteiger partial charge in [0, 0.05) is 29.9 Å². The zero-order valence-corrected chi connectivity index (χ0v) is 24.1. The van der Waals surface area contributed by atoms with Gasteiger partial charge in [0.2, 0.25) is 0 Å². The van der Waals surface area contributed by atoms with Crippen LogP contribution in [0.3, 0.4) is 0 Å². The highest BCUT2D eigenvalue weighted by molar-refractivity contribution is 7.91. The molecule has 2 aliphatic rings. The van der Waals surface area contributed by atoms with Crippen molar-refractivity contribution in [3.05, 3.63) is 94.8 Å². The van der Waals surface area contributed by atoms with Crippen molar-refractivity contribution >= 4 is 27.4 Å². The van der Waals surface area contributed by atoms with Crippen molar-refractivity contribution < 1.29 is 50.1 Å². The number of amides is 1. The van der Waals surface area contributed by atoms with Gasteiger partial charge < -0.3 is 19.5 Å². The molecule has 45 heavy (non-hydrogen) atoms. The van der Waals surface area contributed by atoms with Crippen molar-refractivity contribution in [3.8, 4) is 17.2 Å². The van der Waals surface area contributed by atoms with Crippen LogP contribution < -0.4 is 14.4 Å². The molecule has 0 saturated heterocycles. The van der Waals surface area contributed by atoms with Gasteiger partial charge in [0.25, 0.3) is 12.3 Å². The van der Waals surface area contributed by atoms with E-state index in [1.807, 2.05) is 0 Å². The molecule has 10 nitrogen and oxygen atoms in total. The Kier molecular flexibility index (Phi) is 7.30. The number of rotatable bonds is 7. The van der Waals surface area contributed by atoms with Crippen molar-refractivity contribution in [1.82, 2.24) is 9.78 Å². The molecule has 0 radical (unpaired) electrons. The Hall–Kier alpha value is -4.92. The van der Waals surface area contributed by atoms with Crippen LogP contribution >= 0.6 is 0 Å². The molecule has 0 bridgehead atoms. The van der Waals surface area contributed by atoms with E-state index in [-0.39, 0.29) is 63.0 Å². The van der Waals surface area contributed by atoms with Crippen molar-refractivity contribution in [1.29, 1.82) is 0 Å². The van der Waals surface area contributed by atoms with Crippen molar-refractivity contribution in [2.24, 2.45) is 0 Å². The molecule has 0 fully saturated rings. The number of nitrogens with zero attached hydrogens (tertiary/aromatic N) is 3. The number of carboxylic acid groups (broad SMARTS) is 1. The van der Waals surface area contributed by atoms with Gasteiger partial charge in [-0.05, 0) is 73.9 Å². The number of aromatic nitrogens is 2. The van der Waals surface area contributed by atoms with E-state index in [0.29, 0.717) is 6.42 Å². The molecule has 1 aliphatic carbocycles. The third-order valence-corrected chi connectivity index (χ3v) is 9.82. The second kappa shape index (κ2) is 10.9. The standard InChI is InChI=1S/C30H23F4N3O7S/c1-36(18-10-13-22-23(15-18)44-30(33,34)43-22)28(38)17-4-2-5-19(14-17)37-26-21(25(35-37)27(31)32)6-3-7-24(26)45(41,42)20-11-8-16(9-12-20)29(39)40/h2,4-5,8-15,24,27H,3,6-7H2,1H3,(H,39,40). The number of carbonyl (C=O) groups excluding carboxylic acids is 1. The number of fused-ring (bicyclic) bond motifs is 2. The van der Waals surface area contributed by atoms with Gasteiger partial charge in [-0.3, -0.25) is 4.79 Å². The minimum atomic E-state index is -4.20. The Bertz CT molecular complexity index is 1950. The summed E-state index contributed by atoms with van der Waals surface area (Å²) in [6, 6.07) is 14.2. The number of hydrogen-bond acceptors (Lipinski definition) is 7. The summed E-state index contributed by atoms with van der Waals surface area (Å²) >= 11 is 0. The van der Waals surface area contributed by atoms with E-state index in [1.54, 1.807) is 0 Å². The second-order valence-electron chi connectivity index (χ2n) is 10.4. The molecule has 1 aliphatic heterocycles. The predicted molar refractivity (Wildman–Crippen MR) is 150 cm³/mol. The number of halogens is 4. The summed E-state index contributed by atoms with van der Waals surface area (Å²) in [5.74, 6) is -2.30. The molecule has 1 atom stereocenters. The fraction of sp³-hybridized carbons (Fsp3) is 0.233. The predicted octanol–water partition coefficient (Wildman–Crippen LogP) is 5.96. The van der Waals surface area contributed by atoms with E-state index in [9.17, 15) is 40.7 Å². The number of benzene rings is 3. The van der Waals surface area contributed by atoms with Gasteiger partial charge in [0.15, 0.2) is 21.3 Å². The molecule has 1 unspecified atom stereocenters. The number of alkyl halides is 4. The van der Waals surface area contributed by atoms with E-state index in [0.717, 1.165) is 33.8 Å². The molecule has 1 amide bonds. The average molecular weight is 646 g/mol. The molecule has 1 N–H and O–H groups in total. The van der Waals surface area contributed by atoms with Gasteiger partial charge >= 0.3 is 12.3 Å². The normalized spacial score (nSPS) is 16.8. The highest BCUT2D eigenvalue weighted by Crippen LogP contribution is 2.44. The third-order valence-electron chi connectivity index (χ3n) is 7.68. The van der Waals surface area contributed by atoms with Gasteiger partial charge in [-0.15, -0.1) is 8.78 Å². The number of ether oxygens (including phenoxy) is 2. The number of carboxylic acids is 1. The maximum Gasteiger partial charge on any atom is 0.586 e. The molecule has 6 rings (SSSR count). The molecule has 234 valence electrons. The minimum absolute atomic E-state index is 0.0357. The largest absolute Gasteiger partial charge is 0.586 e. The van der Waals surface area contributed by atoms with Crippen LogP contribution in [-0.4, -0.2) is 48.5 Å². The van der Waals surface area contributed by atoms with E-state index in [2.05, 4.69) is 14.6 Å². The lowest BCUT2D eigenvalue weighted by atomic mass is 9.95. The van der Waals surface area contributed by atoms with E-state index in [4.69, 9.17) is 0 Å². The lowest BCUT2D eigenvalue weighted by molar-refractivity contribution is -0.286. The molecule has 15 heteroatoms. The summed E-state index contributed by atoms with van der Waals surface area (Å²) in [5.41, 5.74) is -0.148. The van der Waals surface area contributed by atoms with E-state index < -0.39 is 45.4 Å². The summed E-state index contributed by atoms with van der Waals surface area (Å²) in [7, 11) is -2.80. The Labute approximate surface area is 253 Å². The van der Waals surface area contributed by atoms with E-state index in [1.165, 1.54) is 49.5 Å². The molecular weight excluding hydrogens is 622 g/mol. The van der Waals surface area contributed by atoms with Crippen molar-refractivity contribution in [2.45, 2.75) is 42.1 Å². The maximum atomic E-state index is 14.2. The molecule has 2 heterocycles. The molecule has 0 saturated carbocycles. The quantitative estimate of drug-likeness (QED) is 0.244. The van der Waals surface area contributed by atoms with Crippen LogP contribution in [0.5, 0.6) is 11.5 Å². The SMILES string of the molecule is CN(C(=O)c1cccc(-n2nc(C(F)F)c3c2C(S(=O)(=O)c2ccc(C(=O)O)cc2)CCC3)c1)c1ccc2c(c1)OC(F)(F)O2. The minimum Gasteiger partial charge on any atom is -0.478 e. The number of anilines is 1. The summed E-state index contributed by atoms with van der Waals surface area (Å²) in [5, 5.41) is 12.0. The first-order valence-electron chi connectivity index (χ1n) is 13.5.